The first-order chi connectivity index (χ1) is 65.1. The fourth-order valence-electron chi connectivity index (χ4n) is 19.4. The number of carbonyl (C=O) groups excluding carboxylic acids is 4. The molecule has 136 heavy (non-hydrogen) atoms. The van der Waals surface area contributed by atoms with Gasteiger partial charge in [0, 0.05) is 193 Å². The first-order valence-corrected chi connectivity index (χ1v) is 45.5. The van der Waals surface area contributed by atoms with Gasteiger partial charge in [0.05, 0.1) is 86.5 Å². The van der Waals surface area contributed by atoms with Crippen LogP contribution in [0.5, 0.6) is 34.5 Å². The SMILES string of the molecule is CC(C)Oc1ccc(C(=O)N2CCC3(CC2)Oc2ccccc2-c2c3cnn2C)cc1Cl.CCOCCOc1ccc(C(=O)N2CCC3(CC2)Oc2ccccc2-n2cccc23)cc1C(F)(F)F.Cc1cccc(-c2cc(C(=O)N3CCC4(CC3)Oc3ccccc3-c3c4cnn3C)no2)c1.O=C(c1ccc(C(F)(F)F)cc1C(F)(F)F)N1CCC2(CC1)Oc1cc(Cl)ccc1-n1cccc12. The zero-order valence-corrected chi connectivity index (χ0v) is 76.4. The van der Waals surface area contributed by atoms with Gasteiger partial charge in [0.15, 0.2) is 22.7 Å². The average Bonchev–Trinajstić information content (AvgIpc) is 1.59. The summed E-state index contributed by atoms with van der Waals surface area (Å²) < 4.78 is 176. The van der Waals surface area contributed by atoms with Crippen LogP contribution in [0.2, 0.25) is 10.0 Å². The van der Waals surface area contributed by atoms with Crippen molar-refractivity contribution in [2.45, 2.75) is 126 Å². The number of amides is 4. The van der Waals surface area contributed by atoms with Crippen LogP contribution >= 0.6 is 23.2 Å². The first-order valence-electron chi connectivity index (χ1n) is 44.8. The van der Waals surface area contributed by atoms with Gasteiger partial charge in [0.2, 0.25) is 0 Å². The molecule has 0 radical (unpaired) electrons. The summed E-state index contributed by atoms with van der Waals surface area (Å²) in [6.45, 7) is 11.5. The van der Waals surface area contributed by atoms with Crippen molar-refractivity contribution in [3.63, 3.8) is 0 Å². The molecule has 0 unspecified atom stereocenters. The van der Waals surface area contributed by atoms with Gasteiger partial charge < -0.3 is 66.4 Å². The number of hydrogen-bond donors (Lipinski definition) is 0. The van der Waals surface area contributed by atoms with Crippen LogP contribution in [0, 0.1) is 6.92 Å². The Bertz CT molecular complexity index is 6680. The van der Waals surface area contributed by atoms with Gasteiger partial charge >= 0.3 is 18.5 Å². The van der Waals surface area contributed by atoms with Crippen molar-refractivity contribution in [2.75, 3.05) is 72.2 Å². The van der Waals surface area contributed by atoms with E-state index in [1.165, 1.54) is 17.0 Å². The number of rotatable bonds is 12. The molecule has 8 aliphatic heterocycles. The number of alkyl halides is 9. The summed E-state index contributed by atoms with van der Waals surface area (Å²) in [6, 6.07) is 56.4. The van der Waals surface area contributed by atoms with Gasteiger partial charge in [-0.3, -0.25) is 28.5 Å². The van der Waals surface area contributed by atoms with E-state index >= 15 is 0 Å². The monoisotopic (exact) mass is 1910 g/mol. The number of aromatic nitrogens is 7. The van der Waals surface area contributed by atoms with Gasteiger partial charge in [-0.05, 0) is 161 Å². The number of carbonyl (C=O) groups is 4. The van der Waals surface area contributed by atoms with Crippen molar-refractivity contribution >= 4 is 46.8 Å². The van der Waals surface area contributed by atoms with Crippen LogP contribution in [-0.2, 0) is 59.8 Å². The lowest BCUT2D eigenvalue weighted by Crippen LogP contribution is -2.50. The number of halogens is 11. The van der Waals surface area contributed by atoms with Gasteiger partial charge in [-0.25, -0.2) is 0 Å². The van der Waals surface area contributed by atoms with Gasteiger partial charge in [0.25, 0.3) is 23.6 Å². The van der Waals surface area contributed by atoms with Crippen LogP contribution in [0.1, 0.15) is 158 Å². The summed E-state index contributed by atoms with van der Waals surface area (Å²) in [5.74, 6) is 2.37. The molecule has 0 aliphatic carbocycles. The van der Waals surface area contributed by atoms with Crippen molar-refractivity contribution in [3.05, 3.63) is 302 Å². The van der Waals surface area contributed by atoms with E-state index in [-0.39, 0.29) is 74.4 Å². The Hall–Kier alpha value is -13.5. The largest absolute Gasteiger partial charge is 0.491 e. The molecule has 706 valence electrons. The minimum Gasteiger partial charge on any atom is -0.491 e. The number of likely N-dealkylation sites (tertiary alicyclic amines) is 4. The van der Waals surface area contributed by atoms with Gasteiger partial charge in [-0.2, -0.15) is 49.7 Å². The molecule has 8 aliphatic rings. The topological polar surface area (TPSA) is 217 Å². The lowest BCUT2D eigenvalue weighted by molar-refractivity contribution is -0.143. The molecule has 0 N–H and O–H groups in total. The summed E-state index contributed by atoms with van der Waals surface area (Å²) >= 11 is 12.5. The van der Waals surface area contributed by atoms with Crippen LogP contribution in [0.25, 0.3) is 45.2 Å². The van der Waals surface area contributed by atoms with Crippen LogP contribution in [0.3, 0.4) is 0 Å². The van der Waals surface area contributed by atoms with Gasteiger partial charge in [-0.15, -0.1) is 0 Å². The molecule has 0 bridgehead atoms. The molecule has 4 spiro atoms. The molecule has 34 heteroatoms. The highest BCUT2D eigenvalue weighted by atomic mass is 35.5. The summed E-state index contributed by atoms with van der Waals surface area (Å²) in [7, 11) is 3.92. The van der Waals surface area contributed by atoms with Crippen molar-refractivity contribution in [3.8, 4) is 79.7 Å². The van der Waals surface area contributed by atoms with Gasteiger partial charge in [-0.1, -0.05) is 88.5 Å². The molecular formula is C102H94Cl2F9N11O12. The fourth-order valence-corrected chi connectivity index (χ4v) is 19.8. The van der Waals surface area contributed by atoms with Crippen LogP contribution < -0.4 is 28.4 Å². The maximum atomic E-state index is 13.7. The number of aryl methyl sites for hydroxylation is 3. The number of piperidine rings is 4. The summed E-state index contributed by atoms with van der Waals surface area (Å²) in [6.07, 6.45) is -2.66. The molecule has 8 aromatic carbocycles. The number of nitrogens with zero attached hydrogens (tertiary/aromatic N) is 11. The van der Waals surface area contributed by atoms with E-state index in [0.29, 0.717) is 135 Å². The van der Waals surface area contributed by atoms with Crippen LogP contribution in [0.4, 0.5) is 39.5 Å². The zero-order chi connectivity index (χ0) is 95.5. The van der Waals surface area contributed by atoms with E-state index in [2.05, 4.69) is 32.1 Å². The van der Waals surface area contributed by atoms with E-state index in [1.54, 1.807) is 48.2 Å². The number of para-hydroxylation sites is 4. The predicted octanol–water partition coefficient (Wildman–Crippen LogP) is 21.8. The number of ether oxygens (including phenoxy) is 7. The molecule has 4 fully saturated rings. The number of hydrogen-bond acceptors (Lipinski definition) is 15. The second kappa shape index (κ2) is 37.0. The highest BCUT2D eigenvalue weighted by molar-refractivity contribution is 6.32. The lowest BCUT2D eigenvalue weighted by atomic mass is 9.81. The van der Waals surface area contributed by atoms with Crippen LogP contribution in [-0.4, -0.2) is 155 Å². The molecule has 13 aromatic rings. The molecule has 5 aromatic heterocycles. The average molecular weight is 1910 g/mol. The number of benzene rings is 8. The minimum absolute atomic E-state index is 0.0106. The predicted molar refractivity (Wildman–Crippen MR) is 487 cm³/mol. The smallest absolute Gasteiger partial charge is 0.419 e. The molecular weight excluding hydrogens is 1810 g/mol. The Kier molecular flexibility index (Phi) is 25.3. The normalized spacial score (nSPS) is 16.5. The summed E-state index contributed by atoms with van der Waals surface area (Å²) in [5.41, 5.74) is 5.81. The fraction of sp³-hybridized carbons (Fsp3) is 0.324. The Morgan fingerprint density at radius 3 is 1.49 bits per heavy atom. The minimum atomic E-state index is -5.13. The quantitative estimate of drug-likeness (QED) is 0.0821. The zero-order valence-electron chi connectivity index (χ0n) is 74.9. The van der Waals surface area contributed by atoms with Crippen LogP contribution in [0.15, 0.2) is 230 Å². The Morgan fingerprint density at radius 2 is 0.956 bits per heavy atom. The summed E-state index contributed by atoms with van der Waals surface area (Å²) in [5, 5.41) is 14.0. The van der Waals surface area contributed by atoms with Crippen molar-refractivity contribution in [1.82, 2.24) is 53.5 Å². The lowest BCUT2D eigenvalue weighted by Gasteiger charge is -2.45. The maximum absolute atomic E-state index is 13.7. The van der Waals surface area contributed by atoms with Crippen molar-refractivity contribution in [2.24, 2.45) is 14.1 Å². The van der Waals surface area contributed by atoms with E-state index in [1.807, 2.05) is 199 Å². The van der Waals surface area contributed by atoms with Crippen molar-refractivity contribution < 1.29 is 96.4 Å². The molecule has 0 atom stereocenters. The molecule has 0 saturated carbocycles. The third-order valence-corrected chi connectivity index (χ3v) is 26.7. The van der Waals surface area contributed by atoms with Crippen molar-refractivity contribution in [1.29, 1.82) is 0 Å². The highest BCUT2D eigenvalue weighted by Gasteiger charge is 2.52. The first kappa shape index (κ1) is 93.0. The number of fused-ring (bicyclic) bond motifs is 16. The van der Waals surface area contributed by atoms with E-state index < -0.39 is 75.0 Å². The Balaban J connectivity index is 0.000000121. The molecule has 23 nitrogen and oxygen atoms in total. The Labute approximate surface area is 786 Å². The van der Waals surface area contributed by atoms with E-state index in [9.17, 15) is 58.7 Å². The molecule has 4 amide bonds. The molecule has 13 heterocycles. The molecule has 21 rings (SSSR count). The third-order valence-electron chi connectivity index (χ3n) is 26.2. The third kappa shape index (κ3) is 18.1. The van der Waals surface area contributed by atoms with E-state index in [4.69, 9.17) is 60.9 Å². The standard InChI is InChI=1S/C27H27F3N2O4.C26H24N4O3.C25H26ClN3O3.C24H17ClF6N2O2/c1-2-34-16-17-35-22-10-9-19(18-20(22)27(28,29)30)25(33)31-14-11-26(12-15-31)24-8-5-13-32(24)21-6-3-4-7-23(21)36-26;1-17-6-5-7-18(14-17)23-15-21(28-33-23)25(31)30-12-10-26(11-13-30)20-16-27-29(2)24(20)19-8-3-4-9-22(19)32-26;1-16(2)31-22-9-8-17(14-20(22)26)24(30)29-12-10-25(11-13-29)19-15-27-28(3)23(19)18-6-4-5-7-21(18)32-25;25-15-4-6-18-19(13-15)35-22(20-2-1-9-33(18)20)7-10-32(11-8-22)21(34)16-5-3-14(23(26,27)28)12-17(16)24(29,30)31/h3-10,13,18H,2,11-12,14-17H2,1H3;3-9,14-16H,10-13H2,1-2H3;4-9,14-16H,10-13H2,1-3H3;1-6,9,12-13H,7-8,10-11H2. The van der Waals surface area contributed by atoms with E-state index in [0.717, 1.165) is 90.8 Å². The second-order valence-electron chi connectivity index (χ2n) is 35.0. The second-order valence-corrected chi connectivity index (χ2v) is 35.8. The highest BCUT2D eigenvalue weighted by Crippen LogP contribution is 2.54. The summed E-state index contributed by atoms with van der Waals surface area (Å²) in [4.78, 5) is 59.1. The molecule has 4 saturated heterocycles. The Morgan fingerprint density at radius 1 is 0.463 bits per heavy atom. The maximum Gasteiger partial charge on any atom is 0.419 e. The van der Waals surface area contributed by atoms with Gasteiger partial charge in [0.1, 0.15) is 52.3 Å².